The van der Waals surface area contributed by atoms with Crippen LogP contribution in [0.1, 0.15) is 50.0 Å². The molecule has 1 atom stereocenters. The van der Waals surface area contributed by atoms with E-state index in [0.29, 0.717) is 18.8 Å². The standard InChI is InChI=1S/C23H30ClNO3/c1-17-15-20(12-11-19(17)16-24)27-21(18-9-7-6-8-10-18)13-14-25(5)22(26)28-23(2,3)4/h6-12,15,21H,13-14,16H2,1-5H3/t21-/m0/s1. The van der Waals surface area contributed by atoms with Gasteiger partial charge in [0.15, 0.2) is 0 Å². The van der Waals surface area contributed by atoms with Crippen molar-refractivity contribution in [2.75, 3.05) is 13.6 Å². The molecular formula is C23H30ClNO3. The van der Waals surface area contributed by atoms with Crippen LogP contribution in [0.2, 0.25) is 0 Å². The second kappa shape index (κ2) is 9.83. The number of carbonyl (C=O) groups excluding carboxylic acids is 1. The number of aryl methyl sites for hydroxylation is 1. The molecule has 0 bridgehead atoms. The van der Waals surface area contributed by atoms with E-state index in [2.05, 4.69) is 0 Å². The molecule has 0 saturated carbocycles. The van der Waals surface area contributed by atoms with Gasteiger partial charge in [0.25, 0.3) is 0 Å². The molecule has 0 aliphatic carbocycles. The van der Waals surface area contributed by atoms with Crippen molar-refractivity contribution < 1.29 is 14.3 Å². The van der Waals surface area contributed by atoms with Crippen molar-refractivity contribution >= 4 is 17.7 Å². The Labute approximate surface area is 173 Å². The van der Waals surface area contributed by atoms with E-state index in [1.165, 1.54) is 0 Å². The monoisotopic (exact) mass is 403 g/mol. The van der Waals surface area contributed by atoms with Gasteiger partial charge in [-0.15, -0.1) is 11.6 Å². The number of ether oxygens (including phenoxy) is 2. The van der Waals surface area contributed by atoms with Crippen LogP contribution in [0.3, 0.4) is 0 Å². The van der Waals surface area contributed by atoms with Gasteiger partial charge in [-0.2, -0.15) is 0 Å². The average molecular weight is 404 g/mol. The molecule has 0 heterocycles. The zero-order valence-electron chi connectivity index (χ0n) is 17.4. The van der Waals surface area contributed by atoms with Gasteiger partial charge >= 0.3 is 6.09 Å². The van der Waals surface area contributed by atoms with Gasteiger partial charge in [0.2, 0.25) is 0 Å². The summed E-state index contributed by atoms with van der Waals surface area (Å²) >= 11 is 5.96. The number of rotatable bonds is 7. The quantitative estimate of drug-likeness (QED) is 0.523. The summed E-state index contributed by atoms with van der Waals surface area (Å²) in [4.78, 5) is 13.8. The third-order valence-electron chi connectivity index (χ3n) is 4.34. The van der Waals surface area contributed by atoms with E-state index in [1.54, 1.807) is 11.9 Å². The first-order chi connectivity index (χ1) is 13.2. The van der Waals surface area contributed by atoms with Crippen LogP contribution in [0.25, 0.3) is 0 Å². The van der Waals surface area contributed by atoms with Gasteiger partial charge in [-0.25, -0.2) is 4.79 Å². The zero-order chi connectivity index (χ0) is 20.7. The van der Waals surface area contributed by atoms with E-state index in [4.69, 9.17) is 21.1 Å². The first kappa shape index (κ1) is 22.1. The lowest BCUT2D eigenvalue weighted by Gasteiger charge is -2.26. The third kappa shape index (κ3) is 6.75. The highest BCUT2D eigenvalue weighted by Gasteiger charge is 2.21. The number of halogens is 1. The highest BCUT2D eigenvalue weighted by Crippen LogP contribution is 2.27. The molecule has 2 rings (SSSR count). The predicted molar refractivity (Wildman–Crippen MR) is 114 cm³/mol. The van der Waals surface area contributed by atoms with Gasteiger partial charge < -0.3 is 14.4 Å². The summed E-state index contributed by atoms with van der Waals surface area (Å²) < 4.78 is 11.7. The molecule has 2 aromatic rings. The molecule has 0 aromatic heterocycles. The minimum atomic E-state index is -0.512. The number of hydrogen-bond donors (Lipinski definition) is 0. The summed E-state index contributed by atoms with van der Waals surface area (Å²) in [7, 11) is 1.75. The first-order valence-corrected chi connectivity index (χ1v) is 10.0. The Bertz CT molecular complexity index is 771. The Morgan fingerprint density at radius 3 is 2.39 bits per heavy atom. The van der Waals surface area contributed by atoms with E-state index < -0.39 is 5.60 Å². The summed E-state index contributed by atoms with van der Waals surface area (Å²) in [6.45, 7) is 8.13. The molecule has 4 nitrogen and oxygen atoms in total. The summed E-state index contributed by atoms with van der Waals surface area (Å²) in [5.41, 5.74) is 2.75. The van der Waals surface area contributed by atoms with Crippen LogP contribution in [0.15, 0.2) is 48.5 Å². The number of alkyl halides is 1. The average Bonchev–Trinajstić information content (AvgIpc) is 2.64. The molecule has 152 valence electrons. The van der Waals surface area contributed by atoms with Crippen LogP contribution in [0.4, 0.5) is 4.79 Å². The number of amides is 1. The molecule has 5 heteroatoms. The second-order valence-electron chi connectivity index (χ2n) is 7.93. The van der Waals surface area contributed by atoms with Crippen LogP contribution < -0.4 is 4.74 Å². The van der Waals surface area contributed by atoms with Gasteiger partial charge in [0.05, 0.1) is 0 Å². The summed E-state index contributed by atoms with van der Waals surface area (Å²) in [5, 5.41) is 0. The highest BCUT2D eigenvalue weighted by atomic mass is 35.5. The lowest BCUT2D eigenvalue weighted by molar-refractivity contribution is 0.0278. The maximum atomic E-state index is 12.2. The predicted octanol–water partition coefficient (Wildman–Crippen LogP) is 6.11. The Kier molecular flexibility index (Phi) is 7.76. The van der Waals surface area contributed by atoms with Crippen LogP contribution in [-0.4, -0.2) is 30.2 Å². The van der Waals surface area contributed by atoms with Gasteiger partial charge in [-0.3, -0.25) is 0 Å². The van der Waals surface area contributed by atoms with Crippen LogP contribution in [0.5, 0.6) is 5.75 Å². The van der Waals surface area contributed by atoms with Crippen molar-refractivity contribution in [1.82, 2.24) is 4.90 Å². The lowest BCUT2D eigenvalue weighted by atomic mass is 10.1. The van der Waals surface area contributed by atoms with Crippen LogP contribution in [0, 0.1) is 6.92 Å². The fourth-order valence-corrected chi connectivity index (χ4v) is 3.06. The van der Waals surface area contributed by atoms with Crippen LogP contribution >= 0.6 is 11.6 Å². The fourth-order valence-electron chi connectivity index (χ4n) is 2.76. The zero-order valence-corrected chi connectivity index (χ0v) is 18.1. The first-order valence-electron chi connectivity index (χ1n) is 9.51. The minimum absolute atomic E-state index is 0.174. The number of benzene rings is 2. The summed E-state index contributed by atoms with van der Waals surface area (Å²) in [6.07, 6.45) is 0.143. The molecule has 0 radical (unpaired) electrons. The maximum Gasteiger partial charge on any atom is 0.410 e. The summed E-state index contributed by atoms with van der Waals surface area (Å²) in [5.74, 6) is 1.27. The van der Waals surface area contributed by atoms with Gasteiger partial charge in [0.1, 0.15) is 17.5 Å². The molecular weight excluding hydrogens is 374 g/mol. The molecule has 1 amide bonds. The van der Waals surface area contributed by atoms with E-state index in [9.17, 15) is 4.79 Å². The lowest BCUT2D eigenvalue weighted by Crippen LogP contribution is -2.35. The Morgan fingerprint density at radius 2 is 1.82 bits per heavy atom. The van der Waals surface area contributed by atoms with Crippen molar-refractivity contribution in [3.05, 3.63) is 65.2 Å². The molecule has 0 fully saturated rings. The van der Waals surface area contributed by atoms with E-state index in [1.807, 2.05) is 76.2 Å². The molecule has 28 heavy (non-hydrogen) atoms. The fraction of sp³-hybridized carbons (Fsp3) is 0.435. The van der Waals surface area contributed by atoms with Crippen molar-refractivity contribution in [1.29, 1.82) is 0 Å². The Balaban J connectivity index is 2.10. The smallest absolute Gasteiger partial charge is 0.410 e. The second-order valence-corrected chi connectivity index (χ2v) is 8.20. The number of nitrogens with zero attached hydrogens (tertiary/aromatic N) is 1. The van der Waals surface area contributed by atoms with Gasteiger partial charge in [-0.1, -0.05) is 36.4 Å². The molecule has 0 spiro atoms. The van der Waals surface area contributed by atoms with Gasteiger partial charge in [0, 0.05) is 25.9 Å². The molecule has 0 aliphatic rings. The number of hydrogen-bond acceptors (Lipinski definition) is 3. The topological polar surface area (TPSA) is 38.8 Å². The van der Waals surface area contributed by atoms with E-state index in [-0.39, 0.29) is 12.2 Å². The van der Waals surface area contributed by atoms with Crippen molar-refractivity contribution in [2.24, 2.45) is 0 Å². The highest BCUT2D eigenvalue weighted by molar-refractivity contribution is 6.17. The molecule has 0 unspecified atom stereocenters. The third-order valence-corrected chi connectivity index (χ3v) is 4.63. The number of carbonyl (C=O) groups is 1. The Morgan fingerprint density at radius 1 is 1.14 bits per heavy atom. The molecule has 0 saturated heterocycles. The molecule has 0 aliphatic heterocycles. The minimum Gasteiger partial charge on any atom is -0.486 e. The Hall–Kier alpha value is -2.20. The van der Waals surface area contributed by atoms with E-state index in [0.717, 1.165) is 22.4 Å². The van der Waals surface area contributed by atoms with Crippen molar-refractivity contribution in [2.45, 2.75) is 51.7 Å². The molecule has 0 N–H and O–H groups in total. The van der Waals surface area contributed by atoms with Crippen molar-refractivity contribution in [3.63, 3.8) is 0 Å². The van der Waals surface area contributed by atoms with Crippen LogP contribution in [-0.2, 0) is 10.6 Å². The summed E-state index contributed by atoms with van der Waals surface area (Å²) in [6, 6.07) is 16.0. The normalized spacial score (nSPS) is 12.4. The maximum absolute atomic E-state index is 12.2. The van der Waals surface area contributed by atoms with Gasteiger partial charge in [-0.05, 0) is 56.5 Å². The SMILES string of the molecule is Cc1cc(O[C@@H](CCN(C)C(=O)OC(C)(C)C)c2ccccc2)ccc1CCl. The largest absolute Gasteiger partial charge is 0.486 e. The van der Waals surface area contributed by atoms with Crippen molar-refractivity contribution in [3.8, 4) is 5.75 Å². The molecule has 2 aromatic carbocycles. The van der Waals surface area contributed by atoms with E-state index >= 15 is 0 Å².